The third-order valence-corrected chi connectivity index (χ3v) is 3.13. The molecule has 0 radical (unpaired) electrons. The van der Waals surface area contributed by atoms with Crippen LogP contribution in [0.5, 0.6) is 11.5 Å². The van der Waals surface area contributed by atoms with Crippen molar-refractivity contribution in [2.24, 2.45) is 0 Å². The molecule has 0 unspecified atom stereocenters. The van der Waals surface area contributed by atoms with Gasteiger partial charge in [0.1, 0.15) is 5.75 Å². The Morgan fingerprint density at radius 3 is 2.42 bits per heavy atom. The normalized spacial score (nSPS) is 16.6. The molecule has 1 fully saturated rings. The van der Waals surface area contributed by atoms with Gasteiger partial charge in [-0.3, -0.25) is 0 Å². The van der Waals surface area contributed by atoms with Crippen LogP contribution in [0.1, 0.15) is 32.1 Å². The van der Waals surface area contributed by atoms with Crippen LogP contribution in [0.15, 0.2) is 12.1 Å². The first kappa shape index (κ1) is 13.8. The fourth-order valence-corrected chi connectivity index (χ4v) is 2.20. The molecule has 0 saturated heterocycles. The van der Waals surface area contributed by atoms with Crippen molar-refractivity contribution in [2.75, 3.05) is 5.73 Å². The molecule has 19 heavy (non-hydrogen) atoms. The molecular formula is C13H16F3NO2. The zero-order valence-corrected chi connectivity index (χ0v) is 10.4. The molecule has 0 bridgehead atoms. The molecule has 0 heterocycles. The van der Waals surface area contributed by atoms with Crippen LogP contribution in [-0.4, -0.2) is 12.7 Å². The van der Waals surface area contributed by atoms with E-state index in [2.05, 4.69) is 4.74 Å². The topological polar surface area (TPSA) is 44.5 Å². The molecule has 6 heteroatoms. The zero-order valence-electron chi connectivity index (χ0n) is 10.4. The minimum absolute atomic E-state index is 0.000844. The van der Waals surface area contributed by atoms with Crippen LogP contribution < -0.4 is 15.2 Å². The summed E-state index contributed by atoms with van der Waals surface area (Å²) in [6, 6.07) is 2.03. The fraction of sp³-hybridized carbons (Fsp3) is 0.538. The first-order chi connectivity index (χ1) is 9.06. The van der Waals surface area contributed by atoms with Gasteiger partial charge in [0, 0.05) is 12.1 Å². The maximum atomic E-state index is 13.4. The van der Waals surface area contributed by atoms with Crippen LogP contribution in [0, 0.1) is 5.82 Å². The number of benzene rings is 1. The lowest BCUT2D eigenvalue weighted by atomic mass is 9.98. The van der Waals surface area contributed by atoms with Gasteiger partial charge in [-0.2, -0.15) is 8.78 Å². The Hall–Kier alpha value is -1.59. The summed E-state index contributed by atoms with van der Waals surface area (Å²) in [5.41, 5.74) is 5.72. The molecule has 0 spiro atoms. The summed E-state index contributed by atoms with van der Waals surface area (Å²) in [4.78, 5) is 0. The molecule has 3 nitrogen and oxygen atoms in total. The highest BCUT2D eigenvalue weighted by molar-refractivity contribution is 5.56. The lowest BCUT2D eigenvalue weighted by molar-refractivity contribution is -0.0523. The Labute approximate surface area is 109 Å². The van der Waals surface area contributed by atoms with E-state index in [1.807, 2.05) is 0 Å². The molecule has 1 aromatic carbocycles. The SMILES string of the molecule is Nc1cc(F)c(OC(F)F)cc1OC1CCCCC1. The minimum atomic E-state index is -3.08. The van der Waals surface area contributed by atoms with E-state index < -0.39 is 18.2 Å². The van der Waals surface area contributed by atoms with E-state index in [4.69, 9.17) is 10.5 Å². The van der Waals surface area contributed by atoms with Crippen LogP contribution >= 0.6 is 0 Å². The highest BCUT2D eigenvalue weighted by Gasteiger charge is 2.19. The van der Waals surface area contributed by atoms with E-state index in [0.29, 0.717) is 0 Å². The van der Waals surface area contributed by atoms with Gasteiger partial charge in [-0.1, -0.05) is 6.42 Å². The van der Waals surface area contributed by atoms with Gasteiger partial charge in [0.2, 0.25) is 0 Å². The smallest absolute Gasteiger partial charge is 0.387 e. The molecule has 0 amide bonds. The molecule has 2 rings (SSSR count). The lowest BCUT2D eigenvalue weighted by Crippen LogP contribution is -2.20. The monoisotopic (exact) mass is 275 g/mol. The van der Waals surface area contributed by atoms with E-state index >= 15 is 0 Å². The largest absolute Gasteiger partial charge is 0.488 e. The van der Waals surface area contributed by atoms with Crippen LogP contribution in [0.25, 0.3) is 0 Å². The van der Waals surface area contributed by atoms with E-state index in [-0.39, 0.29) is 17.5 Å². The first-order valence-corrected chi connectivity index (χ1v) is 6.26. The maximum absolute atomic E-state index is 13.4. The van der Waals surface area contributed by atoms with Crippen molar-refractivity contribution >= 4 is 5.69 Å². The Bertz CT molecular complexity index is 434. The standard InChI is InChI=1S/C13H16F3NO2/c14-9-6-10(17)12(7-11(9)19-13(15)16)18-8-4-2-1-3-5-8/h6-8,13H,1-5,17H2. The Morgan fingerprint density at radius 2 is 1.79 bits per heavy atom. The summed E-state index contributed by atoms with van der Waals surface area (Å²) in [5, 5.41) is 0. The number of halogens is 3. The second-order valence-corrected chi connectivity index (χ2v) is 4.58. The van der Waals surface area contributed by atoms with Crippen molar-refractivity contribution in [3.63, 3.8) is 0 Å². The summed E-state index contributed by atoms with van der Waals surface area (Å²) < 4.78 is 47.4. The van der Waals surface area contributed by atoms with Gasteiger partial charge < -0.3 is 15.2 Å². The summed E-state index contributed by atoms with van der Waals surface area (Å²) in [6.07, 6.45) is 5.07. The molecule has 106 valence electrons. The van der Waals surface area contributed by atoms with Gasteiger partial charge in [0.05, 0.1) is 11.8 Å². The van der Waals surface area contributed by atoms with Gasteiger partial charge >= 0.3 is 6.61 Å². The van der Waals surface area contributed by atoms with Crippen LogP contribution in [0.2, 0.25) is 0 Å². The van der Waals surface area contributed by atoms with Crippen molar-refractivity contribution in [3.8, 4) is 11.5 Å². The lowest BCUT2D eigenvalue weighted by Gasteiger charge is -2.24. The van der Waals surface area contributed by atoms with Gasteiger partial charge in [-0.15, -0.1) is 0 Å². The number of rotatable bonds is 4. The zero-order chi connectivity index (χ0) is 13.8. The summed E-state index contributed by atoms with van der Waals surface area (Å²) in [6.45, 7) is -3.08. The number of nitrogen functional groups attached to an aromatic ring is 1. The highest BCUT2D eigenvalue weighted by atomic mass is 19.3. The molecule has 2 N–H and O–H groups in total. The van der Waals surface area contributed by atoms with E-state index in [0.717, 1.165) is 37.8 Å². The average Bonchev–Trinajstić information content (AvgIpc) is 2.36. The van der Waals surface area contributed by atoms with Crippen molar-refractivity contribution < 1.29 is 22.6 Å². The molecule has 0 aliphatic heterocycles. The summed E-state index contributed by atoms with van der Waals surface area (Å²) in [7, 11) is 0. The molecule has 1 saturated carbocycles. The molecule has 1 aromatic rings. The molecule has 0 aromatic heterocycles. The van der Waals surface area contributed by atoms with Crippen molar-refractivity contribution in [1.82, 2.24) is 0 Å². The second-order valence-electron chi connectivity index (χ2n) is 4.58. The molecule has 1 aliphatic rings. The third-order valence-electron chi connectivity index (χ3n) is 3.13. The number of nitrogens with two attached hydrogens (primary N) is 1. The molecule has 1 aliphatic carbocycles. The number of hydrogen-bond donors (Lipinski definition) is 1. The van der Waals surface area contributed by atoms with Crippen LogP contribution in [-0.2, 0) is 0 Å². The van der Waals surface area contributed by atoms with Crippen LogP contribution in [0.4, 0.5) is 18.9 Å². The molecular weight excluding hydrogens is 259 g/mol. The summed E-state index contributed by atoms with van der Waals surface area (Å²) >= 11 is 0. The highest BCUT2D eigenvalue weighted by Crippen LogP contribution is 2.33. The van der Waals surface area contributed by atoms with E-state index in [1.54, 1.807) is 0 Å². The van der Waals surface area contributed by atoms with Gasteiger partial charge in [0.15, 0.2) is 11.6 Å². The van der Waals surface area contributed by atoms with Gasteiger partial charge in [0.25, 0.3) is 0 Å². The molecule has 0 atom stereocenters. The average molecular weight is 275 g/mol. The predicted octanol–water partition coefficient (Wildman–Crippen LogP) is 3.72. The predicted molar refractivity (Wildman–Crippen MR) is 64.9 cm³/mol. The van der Waals surface area contributed by atoms with E-state index in [1.165, 1.54) is 6.42 Å². The third kappa shape index (κ3) is 3.68. The first-order valence-electron chi connectivity index (χ1n) is 6.26. The fourth-order valence-electron chi connectivity index (χ4n) is 2.20. The van der Waals surface area contributed by atoms with E-state index in [9.17, 15) is 13.2 Å². The second kappa shape index (κ2) is 6.04. The Balaban J connectivity index is 2.14. The van der Waals surface area contributed by atoms with Gasteiger partial charge in [-0.25, -0.2) is 4.39 Å². The number of ether oxygens (including phenoxy) is 2. The van der Waals surface area contributed by atoms with Crippen molar-refractivity contribution in [3.05, 3.63) is 17.9 Å². The quantitative estimate of drug-likeness (QED) is 0.852. The minimum Gasteiger partial charge on any atom is -0.488 e. The number of hydrogen-bond acceptors (Lipinski definition) is 3. The van der Waals surface area contributed by atoms with Crippen LogP contribution in [0.3, 0.4) is 0 Å². The number of alkyl halides is 2. The van der Waals surface area contributed by atoms with Crippen molar-refractivity contribution in [2.45, 2.75) is 44.8 Å². The number of anilines is 1. The Kier molecular flexibility index (Phi) is 4.39. The van der Waals surface area contributed by atoms with Crippen molar-refractivity contribution in [1.29, 1.82) is 0 Å². The van der Waals surface area contributed by atoms with Gasteiger partial charge in [-0.05, 0) is 25.7 Å². The Morgan fingerprint density at radius 1 is 1.11 bits per heavy atom. The maximum Gasteiger partial charge on any atom is 0.387 e. The summed E-state index contributed by atoms with van der Waals surface area (Å²) in [5.74, 6) is -1.27.